The van der Waals surface area contributed by atoms with E-state index in [2.05, 4.69) is 4.98 Å². The molecule has 0 fully saturated rings. The van der Waals surface area contributed by atoms with Crippen LogP contribution >= 0.6 is 11.3 Å². The highest BCUT2D eigenvalue weighted by atomic mass is 32.1. The lowest BCUT2D eigenvalue weighted by atomic mass is 10.2. The first-order chi connectivity index (χ1) is 8.63. The number of aromatic amines is 1. The Bertz CT molecular complexity index is 725. The highest BCUT2D eigenvalue weighted by Gasteiger charge is 2.22. The minimum absolute atomic E-state index is 0.189. The topological polar surface area (TPSA) is 80.9 Å². The number of H-pyrrole nitrogens is 1. The van der Waals surface area contributed by atoms with Crippen molar-refractivity contribution in [2.24, 2.45) is 5.73 Å². The zero-order chi connectivity index (χ0) is 12.9. The van der Waals surface area contributed by atoms with Gasteiger partial charge in [0.05, 0.1) is 11.4 Å². The van der Waals surface area contributed by atoms with Gasteiger partial charge in [0.2, 0.25) is 0 Å². The van der Waals surface area contributed by atoms with Crippen molar-refractivity contribution in [3.05, 3.63) is 31.3 Å². The predicted octanol–water partition coefficient (Wildman–Crippen LogP) is 0.760. The number of nitrogens with zero attached hydrogens (tertiary/aromatic N) is 1. The molecule has 0 radical (unpaired) electrons. The second kappa shape index (κ2) is 4.07. The summed E-state index contributed by atoms with van der Waals surface area (Å²) in [5.41, 5.74) is 6.15. The van der Waals surface area contributed by atoms with Crippen LogP contribution in [0.2, 0.25) is 0 Å². The van der Waals surface area contributed by atoms with E-state index in [1.807, 2.05) is 0 Å². The molecule has 96 valence electrons. The summed E-state index contributed by atoms with van der Waals surface area (Å²) < 4.78 is 1.24. The summed E-state index contributed by atoms with van der Waals surface area (Å²) in [5, 5.41) is 0.701. The molecule has 0 aliphatic heterocycles. The van der Waals surface area contributed by atoms with Crippen LogP contribution in [0, 0.1) is 0 Å². The molecule has 0 amide bonds. The zero-order valence-corrected chi connectivity index (χ0v) is 11.0. The number of hydrogen-bond donors (Lipinski definition) is 2. The number of aromatic nitrogens is 2. The number of nitrogens with one attached hydrogen (secondary N) is 1. The third-order valence-electron chi connectivity index (χ3n) is 3.58. The first-order valence-electron chi connectivity index (χ1n) is 6.12. The van der Waals surface area contributed by atoms with E-state index in [0.717, 1.165) is 29.7 Å². The summed E-state index contributed by atoms with van der Waals surface area (Å²) >= 11 is 1.54. The average Bonchev–Trinajstić information content (AvgIpc) is 2.87. The first-order valence-corrected chi connectivity index (χ1v) is 6.94. The van der Waals surface area contributed by atoms with Crippen molar-refractivity contribution in [1.29, 1.82) is 0 Å². The number of nitrogens with two attached hydrogens (primary N) is 1. The zero-order valence-electron chi connectivity index (χ0n) is 10.2. The van der Waals surface area contributed by atoms with Gasteiger partial charge in [-0.25, -0.2) is 4.79 Å². The maximum atomic E-state index is 12.5. The van der Waals surface area contributed by atoms with Crippen LogP contribution in [-0.2, 0) is 12.8 Å². The molecule has 2 aromatic rings. The molecular weight excluding hydrogens is 250 g/mol. The molecule has 0 spiro atoms. The van der Waals surface area contributed by atoms with Crippen molar-refractivity contribution in [2.45, 2.75) is 32.2 Å². The normalized spacial score (nSPS) is 16.1. The van der Waals surface area contributed by atoms with E-state index in [4.69, 9.17) is 5.73 Å². The molecule has 5 nitrogen and oxygen atoms in total. The predicted molar refractivity (Wildman–Crippen MR) is 72.5 cm³/mol. The molecule has 0 saturated carbocycles. The lowest BCUT2D eigenvalue weighted by Gasteiger charge is -2.11. The average molecular weight is 265 g/mol. The maximum Gasteiger partial charge on any atom is 0.329 e. The van der Waals surface area contributed by atoms with E-state index in [1.165, 1.54) is 9.44 Å². The molecule has 18 heavy (non-hydrogen) atoms. The number of fused-ring (bicyclic) bond motifs is 3. The first kappa shape index (κ1) is 11.7. The van der Waals surface area contributed by atoms with Crippen LogP contribution in [0.15, 0.2) is 9.59 Å². The Balaban J connectivity index is 2.40. The monoisotopic (exact) mass is 265 g/mol. The van der Waals surface area contributed by atoms with Crippen molar-refractivity contribution in [3.63, 3.8) is 0 Å². The number of aryl methyl sites for hydroxylation is 2. The van der Waals surface area contributed by atoms with E-state index in [0.29, 0.717) is 5.39 Å². The SMILES string of the molecule is CC(CN)n1c(=O)[nH]c2sc3c(c2c1=O)CCC3. The number of hydrogen-bond acceptors (Lipinski definition) is 4. The number of thiophene rings is 1. The Morgan fingerprint density at radius 2 is 2.22 bits per heavy atom. The van der Waals surface area contributed by atoms with E-state index in [9.17, 15) is 9.59 Å². The van der Waals surface area contributed by atoms with Crippen LogP contribution in [0.5, 0.6) is 0 Å². The highest BCUT2D eigenvalue weighted by Crippen LogP contribution is 2.34. The second-order valence-electron chi connectivity index (χ2n) is 4.75. The van der Waals surface area contributed by atoms with E-state index >= 15 is 0 Å². The van der Waals surface area contributed by atoms with Gasteiger partial charge in [-0.15, -0.1) is 11.3 Å². The van der Waals surface area contributed by atoms with Crippen molar-refractivity contribution in [3.8, 4) is 0 Å². The summed E-state index contributed by atoms with van der Waals surface area (Å²) in [4.78, 5) is 29.2. The molecule has 1 unspecified atom stereocenters. The van der Waals surface area contributed by atoms with E-state index in [-0.39, 0.29) is 23.8 Å². The highest BCUT2D eigenvalue weighted by molar-refractivity contribution is 7.18. The fourth-order valence-electron chi connectivity index (χ4n) is 2.59. The van der Waals surface area contributed by atoms with Gasteiger partial charge < -0.3 is 5.73 Å². The molecule has 2 heterocycles. The van der Waals surface area contributed by atoms with Gasteiger partial charge in [0.25, 0.3) is 5.56 Å². The molecule has 1 aliphatic rings. The molecular formula is C12H15N3O2S. The largest absolute Gasteiger partial charge is 0.329 e. The lowest BCUT2D eigenvalue weighted by molar-refractivity contribution is 0.518. The van der Waals surface area contributed by atoms with Crippen molar-refractivity contribution in [1.82, 2.24) is 9.55 Å². The molecule has 0 aromatic carbocycles. The second-order valence-corrected chi connectivity index (χ2v) is 5.86. The van der Waals surface area contributed by atoms with Gasteiger partial charge in [0, 0.05) is 11.4 Å². The van der Waals surface area contributed by atoms with Gasteiger partial charge in [-0.2, -0.15) is 0 Å². The van der Waals surface area contributed by atoms with Crippen molar-refractivity contribution in [2.75, 3.05) is 6.54 Å². The van der Waals surface area contributed by atoms with Crippen LogP contribution in [0.25, 0.3) is 10.2 Å². The maximum absolute atomic E-state index is 12.5. The van der Waals surface area contributed by atoms with Crippen LogP contribution in [0.3, 0.4) is 0 Å². The van der Waals surface area contributed by atoms with Gasteiger partial charge in [-0.1, -0.05) is 0 Å². The van der Waals surface area contributed by atoms with Gasteiger partial charge in [-0.3, -0.25) is 14.3 Å². The van der Waals surface area contributed by atoms with Gasteiger partial charge in [-0.05, 0) is 31.7 Å². The lowest BCUT2D eigenvalue weighted by Crippen LogP contribution is -2.39. The van der Waals surface area contributed by atoms with Crippen molar-refractivity contribution >= 4 is 21.6 Å². The fraction of sp³-hybridized carbons (Fsp3) is 0.500. The minimum atomic E-state index is -0.356. The molecule has 2 aromatic heterocycles. The van der Waals surface area contributed by atoms with Crippen LogP contribution in [-0.4, -0.2) is 16.1 Å². The van der Waals surface area contributed by atoms with E-state index in [1.54, 1.807) is 18.3 Å². The fourth-order valence-corrected chi connectivity index (χ4v) is 3.87. The Hall–Kier alpha value is -1.40. The third-order valence-corrected chi connectivity index (χ3v) is 4.78. The summed E-state index contributed by atoms with van der Waals surface area (Å²) in [6.07, 6.45) is 3.05. The standard InChI is InChI=1S/C12H15N3O2S/c1-6(5-13)15-11(16)9-7-3-2-4-8(7)18-10(9)14-12(15)17/h6H,2-5,13H2,1H3,(H,14,17). The molecule has 3 N–H and O–H groups in total. The molecule has 0 bridgehead atoms. The van der Waals surface area contributed by atoms with Gasteiger partial charge in [0.1, 0.15) is 4.83 Å². The molecule has 6 heteroatoms. The Morgan fingerprint density at radius 3 is 2.94 bits per heavy atom. The van der Waals surface area contributed by atoms with Crippen LogP contribution < -0.4 is 17.0 Å². The number of rotatable bonds is 2. The quantitative estimate of drug-likeness (QED) is 0.841. The third kappa shape index (κ3) is 1.49. The Morgan fingerprint density at radius 1 is 1.44 bits per heavy atom. The summed E-state index contributed by atoms with van der Waals surface area (Å²) in [6, 6.07) is -0.275. The summed E-state index contributed by atoms with van der Waals surface area (Å²) in [5.74, 6) is 0. The molecule has 3 rings (SSSR count). The van der Waals surface area contributed by atoms with Gasteiger partial charge in [0.15, 0.2) is 0 Å². The van der Waals surface area contributed by atoms with Crippen LogP contribution in [0.1, 0.15) is 29.8 Å². The summed E-state index contributed by atoms with van der Waals surface area (Å²) in [7, 11) is 0. The van der Waals surface area contributed by atoms with E-state index < -0.39 is 0 Å². The minimum Gasteiger partial charge on any atom is -0.328 e. The van der Waals surface area contributed by atoms with Gasteiger partial charge >= 0.3 is 5.69 Å². The van der Waals surface area contributed by atoms with Crippen LogP contribution in [0.4, 0.5) is 0 Å². The Labute approximate surface area is 107 Å². The Kier molecular flexibility index (Phi) is 2.64. The molecule has 1 atom stereocenters. The summed E-state index contributed by atoms with van der Waals surface area (Å²) in [6.45, 7) is 2.07. The molecule has 0 saturated heterocycles. The van der Waals surface area contributed by atoms with Crippen molar-refractivity contribution < 1.29 is 0 Å². The smallest absolute Gasteiger partial charge is 0.328 e. The molecule has 1 aliphatic carbocycles.